The van der Waals surface area contributed by atoms with Crippen molar-refractivity contribution in [3.63, 3.8) is 0 Å². The van der Waals surface area contributed by atoms with Crippen LogP contribution in [0.25, 0.3) is 0 Å². The topological polar surface area (TPSA) is 76.0 Å². The van der Waals surface area contributed by atoms with Crippen molar-refractivity contribution in [3.8, 4) is 0 Å². The first-order chi connectivity index (χ1) is 7.08. The Morgan fingerprint density at radius 2 is 1.50 bits per heavy atom. The van der Waals surface area contributed by atoms with Crippen LogP contribution >= 0.6 is 7.60 Å². The molecule has 2 N–H and O–H groups in total. The highest BCUT2D eigenvalue weighted by atomic mass is 31.2. The molecule has 0 amide bonds. The SMILES string of the molecule is CCOP(=O)(CC(O)(O)C(F)(F)F)OCC. The van der Waals surface area contributed by atoms with Crippen LogP contribution in [0.15, 0.2) is 0 Å². The molecule has 9 heteroatoms. The van der Waals surface area contributed by atoms with Gasteiger partial charge in [-0.3, -0.25) is 4.57 Å². The largest absolute Gasteiger partial charge is 0.443 e. The number of rotatable bonds is 6. The summed E-state index contributed by atoms with van der Waals surface area (Å²) in [5.41, 5.74) is 0. The molecule has 0 aromatic rings. The van der Waals surface area contributed by atoms with Gasteiger partial charge in [-0.1, -0.05) is 0 Å². The fourth-order valence-electron chi connectivity index (χ4n) is 0.882. The zero-order valence-electron chi connectivity index (χ0n) is 8.82. The second-order valence-electron chi connectivity index (χ2n) is 2.92. The fourth-order valence-corrected chi connectivity index (χ4v) is 2.64. The molecule has 0 aromatic heterocycles. The minimum Gasteiger partial charge on any atom is -0.358 e. The van der Waals surface area contributed by atoms with Crippen LogP contribution in [0.4, 0.5) is 13.2 Å². The number of alkyl halides is 3. The molecule has 0 radical (unpaired) electrons. The first kappa shape index (κ1) is 15.9. The number of hydrogen-bond donors (Lipinski definition) is 2. The van der Waals surface area contributed by atoms with Gasteiger partial charge < -0.3 is 19.3 Å². The van der Waals surface area contributed by atoms with Crippen molar-refractivity contribution in [2.24, 2.45) is 0 Å². The molecule has 0 aliphatic carbocycles. The Kier molecular flexibility index (Phi) is 5.41. The van der Waals surface area contributed by atoms with Gasteiger partial charge in [0.2, 0.25) is 0 Å². The second kappa shape index (κ2) is 5.46. The van der Waals surface area contributed by atoms with Crippen molar-refractivity contribution in [1.82, 2.24) is 0 Å². The Labute approximate surface area is 90.7 Å². The Balaban J connectivity index is 4.82. The highest BCUT2D eigenvalue weighted by molar-refractivity contribution is 7.53. The number of halogens is 3. The number of hydrogen-bond acceptors (Lipinski definition) is 5. The maximum absolute atomic E-state index is 12.1. The summed E-state index contributed by atoms with van der Waals surface area (Å²) in [5, 5.41) is 17.5. The summed E-state index contributed by atoms with van der Waals surface area (Å²) in [7, 11) is -4.16. The Hall–Kier alpha value is -0.140. The predicted molar refractivity (Wildman–Crippen MR) is 48.9 cm³/mol. The summed E-state index contributed by atoms with van der Waals surface area (Å²) >= 11 is 0. The van der Waals surface area contributed by atoms with Crippen LogP contribution in [0.3, 0.4) is 0 Å². The lowest BCUT2D eigenvalue weighted by molar-refractivity contribution is -0.338. The van der Waals surface area contributed by atoms with Crippen molar-refractivity contribution < 1.29 is 37.0 Å². The third kappa shape index (κ3) is 4.39. The summed E-state index contributed by atoms with van der Waals surface area (Å²) in [6, 6.07) is 0. The Morgan fingerprint density at radius 3 is 1.75 bits per heavy atom. The van der Waals surface area contributed by atoms with E-state index >= 15 is 0 Å². The molecule has 0 saturated heterocycles. The van der Waals surface area contributed by atoms with Crippen molar-refractivity contribution >= 4 is 7.60 Å². The van der Waals surface area contributed by atoms with Gasteiger partial charge in [0.05, 0.1) is 13.2 Å². The molecule has 0 aromatic carbocycles. The van der Waals surface area contributed by atoms with Gasteiger partial charge in [0, 0.05) is 0 Å². The van der Waals surface area contributed by atoms with Crippen LogP contribution in [-0.2, 0) is 13.6 Å². The second-order valence-corrected chi connectivity index (χ2v) is 4.97. The van der Waals surface area contributed by atoms with Gasteiger partial charge in [0.1, 0.15) is 6.16 Å². The minimum absolute atomic E-state index is 0.161. The van der Waals surface area contributed by atoms with Crippen molar-refractivity contribution in [3.05, 3.63) is 0 Å². The first-order valence-corrected chi connectivity index (χ1v) is 6.20. The smallest absolute Gasteiger partial charge is 0.358 e. The van der Waals surface area contributed by atoms with E-state index in [0.29, 0.717) is 0 Å². The van der Waals surface area contributed by atoms with E-state index in [-0.39, 0.29) is 13.2 Å². The van der Waals surface area contributed by atoms with E-state index in [9.17, 15) is 17.7 Å². The van der Waals surface area contributed by atoms with E-state index in [2.05, 4.69) is 9.05 Å². The molecule has 0 spiro atoms. The predicted octanol–water partition coefficient (Wildman–Crippen LogP) is 1.50. The summed E-state index contributed by atoms with van der Waals surface area (Å²) < 4.78 is 57.0. The van der Waals surface area contributed by atoms with Crippen LogP contribution in [0.2, 0.25) is 0 Å². The summed E-state index contributed by atoms with van der Waals surface area (Å²) in [4.78, 5) is 0. The molecule has 0 saturated carbocycles. The highest BCUT2D eigenvalue weighted by Crippen LogP contribution is 2.52. The minimum atomic E-state index is -5.32. The lowest BCUT2D eigenvalue weighted by atomic mass is 10.3. The van der Waals surface area contributed by atoms with E-state index in [1.807, 2.05) is 0 Å². The van der Waals surface area contributed by atoms with E-state index < -0.39 is 25.7 Å². The zero-order valence-corrected chi connectivity index (χ0v) is 9.72. The van der Waals surface area contributed by atoms with Crippen molar-refractivity contribution in [2.45, 2.75) is 25.8 Å². The highest BCUT2D eigenvalue weighted by Gasteiger charge is 2.57. The molecular formula is C7H14F3O5P. The van der Waals surface area contributed by atoms with Crippen LogP contribution < -0.4 is 0 Å². The van der Waals surface area contributed by atoms with Crippen LogP contribution in [0.1, 0.15) is 13.8 Å². The molecule has 0 rings (SSSR count). The number of aliphatic hydroxyl groups is 2. The van der Waals surface area contributed by atoms with E-state index in [4.69, 9.17) is 10.2 Å². The molecule has 98 valence electrons. The third-order valence-electron chi connectivity index (χ3n) is 1.52. The van der Waals surface area contributed by atoms with Gasteiger partial charge in [-0.15, -0.1) is 0 Å². The maximum atomic E-state index is 12.1. The molecule has 16 heavy (non-hydrogen) atoms. The quantitative estimate of drug-likeness (QED) is 0.562. The average Bonchev–Trinajstić information content (AvgIpc) is 2.00. The summed E-state index contributed by atoms with van der Waals surface area (Å²) in [6.07, 6.45) is -6.87. The molecule has 0 bridgehead atoms. The monoisotopic (exact) mass is 266 g/mol. The normalized spacial score (nSPS) is 14.2. The van der Waals surface area contributed by atoms with E-state index in [1.165, 1.54) is 13.8 Å². The third-order valence-corrected chi connectivity index (χ3v) is 3.65. The van der Waals surface area contributed by atoms with Crippen LogP contribution in [-0.4, -0.2) is 41.6 Å². The Morgan fingerprint density at radius 1 is 1.12 bits per heavy atom. The van der Waals surface area contributed by atoms with E-state index in [0.717, 1.165) is 0 Å². The van der Waals surface area contributed by atoms with Gasteiger partial charge in [-0.25, -0.2) is 0 Å². The van der Waals surface area contributed by atoms with Gasteiger partial charge in [0.25, 0.3) is 5.79 Å². The summed E-state index contributed by atoms with van der Waals surface area (Å²) in [6.45, 7) is 2.47. The molecule has 0 aliphatic heterocycles. The maximum Gasteiger partial charge on any atom is 0.443 e. The van der Waals surface area contributed by atoms with Crippen LogP contribution in [0.5, 0.6) is 0 Å². The molecular weight excluding hydrogens is 252 g/mol. The van der Waals surface area contributed by atoms with Gasteiger partial charge in [-0.2, -0.15) is 13.2 Å². The van der Waals surface area contributed by atoms with Gasteiger partial charge in [0.15, 0.2) is 0 Å². The molecule has 5 nitrogen and oxygen atoms in total. The van der Waals surface area contributed by atoms with Crippen molar-refractivity contribution in [2.75, 3.05) is 19.4 Å². The molecule has 0 fully saturated rings. The molecule has 0 unspecified atom stereocenters. The first-order valence-electron chi connectivity index (χ1n) is 4.47. The molecule has 0 heterocycles. The van der Waals surface area contributed by atoms with E-state index in [1.54, 1.807) is 0 Å². The standard InChI is InChI=1S/C7H14F3O5P/c1-3-14-16(13,15-4-2)5-6(11,12)7(8,9)10/h11-12H,3-5H2,1-2H3. The van der Waals surface area contributed by atoms with Crippen LogP contribution in [0, 0.1) is 0 Å². The lowest BCUT2D eigenvalue weighted by Gasteiger charge is -2.27. The Bertz CT molecular complexity index is 255. The molecule has 0 aliphatic rings. The molecule has 0 atom stereocenters. The lowest BCUT2D eigenvalue weighted by Crippen LogP contribution is -2.48. The fraction of sp³-hybridized carbons (Fsp3) is 1.00. The van der Waals surface area contributed by atoms with Crippen molar-refractivity contribution in [1.29, 1.82) is 0 Å². The van der Waals surface area contributed by atoms with Gasteiger partial charge in [-0.05, 0) is 13.8 Å². The van der Waals surface area contributed by atoms with Gasteiger partial charge >= 0.3 is 13.8 Å². The summed E-state index contributed by atoms with van der Waals surface area (Å²) in [5.74, 6) is -4.09. The average molecular weight is 266 g/mol. The zero-order chi connectivity index (χ0) is 13.0.